The summed E-state index contributed by atoms with van der Waals surface area (Å²) in [5.41, 5.74) is 6.13. The third-order valence-corrected chi connectivity index (χ3v) is 3.78. The van der Waals surface area contributed by atoms with Gasteiger partial charge in [-0.15, -0.1) is 0 Å². The molecule has 0 aromatic carbocycles. The van der Waals surface area contributed by atoms with Gasteiger partial charge in [0.1, 0.15) is 5.76 Å². The van der Waals surface area contributed by atoms with Crippen LogP contribution in [0.2, 0.25) is 0 Å². The molecule has 4 nitrogen and oxygen atoms in total. The fraction of sp³-hybridized carbons (Fsp3) is 0.714. The molecule has 0 saturated carbocycles. The molecule has 1 fully saturated rings. The number of nitrogens with two attached hydrogens (primary N) is 1. The van der Waals surface area contributed by atoms with Crippen molar-refractivity contribution >= 4 is 0 Å². The van der Waals surface area contributed by atoms with Gasteiger partial charge in [0.25, 0.3) is 0 Å². The smallest absolute Gasteiger partial charge is 0.122 e. The van der Waals surface area contributed by atoms with Crippen LogP contribution in [0.3, 0.4) is 0 Å². The maximum absolute atomic E-state index is 6.13. The summed E-state index contributed by atoms with van der Waals surface area (Å²) < 4.78 is 10.8. The Labute approximate surface area is 109 Å². The number of nitrogens with zero attached hydrogens (tertiary/aromatic N) is 1. The molecule has 1 aliphatic rings. The first-order chi connectivity index (χ1) is 8.72. The summed E-state index contributed by atoms with van der Waals surface area (Å²) in [6.45, 7) is 5.06. The van der Waals surface area contributed by atoms with E-state index in [0.717, 1.165) is 25.5 Å². The van der Waals surface area contributed by atoms with E-state index in [0.29, 0.717) is 5.92 Å². The van der Waals surface area contributed by atoms with Crippen molar-refractivity contribution in [3.63, 3.8) is 0 Å². The fourth-order valence-electron chi connectivity index (χ4n) is 2.86. The van der Waals surface area contributed by atoms with Crippen LogP contribution in [0.5, 0.6) is 0 Å². The van der Waals surface area contributed by atoms with E-state index < -0.39 is 0 Å². The second kappa shape index (κ2) is 6.36. The van der Waals surface area contributed by atoms with Crippen molar-refractivity contribution in [2.45, 2.75) is 31.8 Å². The van der Waals surface area contributed by atoms with Gasteiger partial charge in [0.05, 0.1) is 12.3 Å². The highest BCUT2D eigenvalue weighted by molar-refractivity contribution is 5.07. The molecule has 2 unspecified atom stereocenters. The van der Waals surface area contributed by atoms with Crippen LogP contribution in [0, 0.1) is 5.92 Å². The van der Waals surface area contributed by atoms with Gasteiger partial charge < -0.3 is 14.9 Å². The molecule has 2 rings (SSSR count). The SMILES string of the molecule is COCC1CCN(C(c2ccco2)C(C)N)CC1. The number of ether oxygens (including phenoxy) is 1. The second-order valence-electron chi connectivity index (χ2n) is 5.25. The van der Waals surface area contributed by atoms with Crippen LogP contribution in [0.25, 0.3) is 0 Å². The minimum atomic E-state index is 0.0788. The average Bonchev–Trinajstić information content (AvgIpc) is 2.85. The van der Waals surface area contributed by atoms with Crippen molar-refractivity contribution in [1.82, 2.24) is 4.90 Å². The van der Waals surface area contributed by atoms with Gasteiger partial charge in [-0.25, -0.2) is 0 Å². The van der Waals surface area contributed by atoms with E-state index in [1.54, 1.807) is 13.4 Å². The van der Waals surface area contributed by atoms with Crippen LogP contribution >= 0.6 is 0 Å². The highest BCUT2D eigenvalue weighted by Gasteiger charge is 2.29. The predicted octanol–water partition coefficient (Wildman–Crippen LogP) is 2.03. The number of rotatable bonds is 5. The van der Waals surface area contributed by atoms with Gasteiger partial charge in [-0.3, -0.25) is 4.90 Å². The average molecular weight is 252 g/mol. The molecular weight excluding hydrogens is 228 g/mol. The molecule has 18 heavy (non-hydrogen) atoms. The Hall–Kier alpha value is -0.840. The Morgan fingerprint density at radius 1 is 1.50 bits per heavy atom. The van der Waals surface area contributed by atoms with E-state index in [-0.39, 0.29) is 12.1 Å². The van der Waals surface area contributed by atoms with E-state index in [2.05, 4.69) is 11.8 Å². The van der Waals surface area contributed by atoms with Crippen LogP contribution in [-0.4, -0.2) is 37.7 Å². The number of hydrogen-bond acceptors (Lipinski definition) is 4. The van der Waals surface area contributed by atoms with Crippen molar-refractivity contribution < 1.29 is 9.15 Å². The van der Waals surface area contributed by atoms with E-state index in [4.69, 9.17) is 14.9 Å². The quantitative estimate of drug-likeness (QED) is 0.871. The summed E-state index contributed by atoms with van der Waals surface area (Å²) >= 11 is 0. The maximum atomic E-state index is 6.13. The standard InChI is InChI=1S/C14H24N2O2/c1-11(15)14(13-4-3-9-18-13)16-7-5-12(6-8-16)10-17-2/h3-4,9,11-12,14H,5-8,10,15H2,1-2H3. The summed E-state index contributed by atoms with van der Waals surface area (Å²) in [6.07, 6.45) is 4.08. The molecule has 0 spiro atoms. The van der Waals surface area contributed by atoms with E-state index >= 15 is 0 Å². The number of piperidine rings is 1. The van der Waals surface area contributed by atoms with Gasteiger partial charge in [0.15, 0.2) is 0 Å². The van der Waals surface area contributed by atoms with Crippen LogP contribution in [0.15, 0.2) is 22.8 Å². The van der Waals surface area contributed by atoms with Crippen molar-refractivity contribution in [1.29, 1.82) is 0 Å². The van der Waals surface area contributed by atoms with Gasteiger partial charge in [0, 0.05) is 19.8 Å². The van der Waals surface area contributed by atoms with E-state index in [9.17, 15) is 0 Å². The van der Waals surface area contributed by atoms with Gasteiger partial charge in [-0.1, -0.05) is 0 Å². The van der Waals surface area contributed by atoms with Gasteiger partial charge in [-0.05, 0) is 50.9 Å². The van der Waals surface area contributed by atoms with Gasteiger partial charge >= 0.3 is 0 Å². The lowest BCUT2D eigenvalue weighted by atomic mass is 9.94. The number of hydrogen-bond donors (Lipinski definition) is 1. The molecule has 102 valence electrons. The second-order valence-corrected chi connectivity index (χ2v) is 5.25. The van der Waals surface area contributed by atoms with Gasteiger partial charge in [-0.2, -0.15) is 0 Å². The molecular formula is C14H24N2O2. The maximum Gasteiger partial charge on any atom is 0.122 e. The monoisotopic (exact) mass is 252 g/mol. The number of methoxy groups -OCH3 is 1. The zero-order valence-electron chi connectivity index (χ0n) is 11.3. The normalized spacial score (nSPS) is 21.9. The first-order valence-electron chi connectivity index (χ1n) is 6.74. The van der Waals surface area contributed by atoms with Crippen molar-refractivity contribution in [2.75, 3.05) is 26.8 Å². The van der Waals surface area contributed by atoms with Gasteiger partial charge in [0.2, 0.25) is 0 Å². The molecule has 2 atom stereocenters. The third kappa shape index (κ3) is 3.13. The van der Waals surface area contributed by atoms with Crippen molar-refractivity contribution in [3.05, 3.63) is 24.2 Å². The van der Waals surface area contributed by atoms with Crippen molar-refractivity contribution in [2.24, 2.45) is 11.7 Å². The van der Waals surface area contributed by atoms with Crippen LogP contribution in [0.1, 0.15) is 31.6 Å². The Balaban J connectivity index is 1.97. The van der Waals surface area contributed by atoms with Crippen LogP contribution in [0.4, 0.5) is 0 Å². The van der Waals surface area contributed by atoms with Crippen molar-refractivity contribution in [3.8, 4) is 0 Å². The molecule has 1 aliphatic heterocycles. The molecule has 1 aromatic heterocycles. The third-order valence-electron chi connectivity index (χ3n) is 3.78. The zero-order chi connectivity index (χ0) is 13.0. The number of furan rings is 1. The molecule has 2 N–H and O–H groups in total. The van der Waals surface area contributed by atoms with E-state index in [1.807, 2.05) is 12.1 Å². The Bertz CT molecular complexity index is 330. The Kier molecular flexibility index (Phi) is 4.80. The molecule has 1 saturated heterocycles. The molecule has 1 aromatic rings. The molecule has 4 heteroatoms. The summed E-state index contributed by atoms with van der Waals surface area (Å²) in [7, 11) is 1.78. The molecule has 2 heterocycles. The van der Waals surface area contributed by atoms with Crippen LogP contribution in [-0.2, 0) is 4.74 Å². The summed E-state index contributed by atoms with van der Waals surface area (Å²) in [4.78, 5) is 2.44. The zero-order valence-corrected chi connectivity index (χ0v) is 11.3. The summed E-state index contributed by atoms with van der Waals surface area (Å²) in [6, 6.07) is 4.23. The first kappa shape index (κ1) is 13.6. The summed E-state index contributed by atoms with van der Waals surface area (Å²) in [5, 5.41) is 0. The fourth-order valence-corrected chi connectivity index (χ4v) is 2.86. The van der Waals surface area contributed by atoms with E-state index in [1.165, 1.54) is 12.8 Å². The highest BCUT2D eigenvalue weighted by atomic mass is 16.5. The number of likely N-dealkylation sites (tertiary alicyclic amines) is 1. The lowest BCUT2D eigenvalue weighted by Gasteiger charge is -2.38. The molecule has 0 amide bonds. The lowest BCUT2D eigenvalue weighted by molar-refractivity contribution is 0.0669. The lowest BCUT2D eigenvalue weighted by Crippen LogP contribution is -2.44. The summed E-state index contributed by atoms with van der Waals surface area (Å²) in [5.74, 6) is 1.67. The first-order valence-corrected chi connectivity index (χ1v) is 6.74. The predicted molar refractivity (Wildman–Crippen MR) is 71.3 cm³/mol. The molecule has 0 bridgehead atoms. The minimum Gasteiger partial charge on any atom is -0.468 e. The Morgan fingerprint density at radius 3 is 2.72 bits per heavy atom. The largest absolute Gasteiger partial charge is 0.468 e. The molecule has 0 radical (unpaired) electrons. The highest BCUT2D eigenvalue weighted by Crippen LogP contribution is 2.29. The minimum absolute atomic E-state index is 0.0788. The van der Waals surface area contributed by atoms with Crippen LogP contribution < -0.4 is 5.73 Å². The topological polar surface area (TPSA) is 51.6 Å². The Morgan fingerprint density at radius 2 is 2.22 bits per heavy atom. The molecule has 0 aliphatic carbocycles.